The number of benzene rings is 2. The zero-order valence-electron chi connectivity index (χ0n) is 15.5. The van der Waals surface area contributed by atoms with Crippen molar-refractivity contribution in [3.8, 4) is 5.75 Å². The lowest BCUT2D eigenvalue weighted by Crippen LogP contribution is -2.33. The Hall–Kier alpha value is -2.87. The normalized spacial score (nSPS) is 17.8. The smallest absolute Gasteiger partial charge is 0.242 e. The van der Waals surface area contributed by atoms with E-state index in [9.17, 15) is 14.0 Å². The van der Waals surface area contributed by atoms with Gasteiger partial charge in [-0.2, -0.15) is 0 Å². The van der Waals surface area contributed by atoms with Crippen LogP contribution in [0.15, 0.2) is 53.5 Å². The third-order valence-electron chi connectivity index (χ3n) is 4.11. The summed E-state index contributed by atoms with van der Waals surface area (Å²) < 4.78 is 18.5. The summed E-state index contributed by atoms with van der Waals surface area (Å²) in [5, 5.41) is 2.69. The van der Waals surface area contributed by atoms with Gasteiger partial charge in [0.05, 0.1) is 12.8 Å². The van der Waals surface area contributed by atoms with Crippen LogP contribution in [0.2, 0.25) is 0 Å². The summed E-state index contributed by atoms with van der Waals surface area (Å²) in [5.74, 6) is -0.141. The Balaban J connectivity index is 1.68. The molecule has 0 bridgehead atoms. The van der Waals surface area contributed by atoms with Crippen LogP contribution in [0.3, 0.4) is 0 Å². The third-order valence-corrected chi connectivity index (χ3v) is 5.29. The number of amidine groups is 1. The second kappa shape index (κ2) is 8.88. The molecule has 1 N–H and O–H groups in total. The molecule has 3 rings (SSSR count). The van der Waals surface area contributed by atoms with E-state index in [0.29, 0.717) is 28.8 Å². The van der Waals surface area contributed by atoms with Gasteiger partial charge in [-0.1, -0.05) is 17.8 Å². The Labute approximate surface area is 166 Å². The van der Waals surface area contributed by atoms with E-state index in [1.54, 1.807) is 43.5 Å². The number of nitrogens with one attached hydrogen (secondary N) is 1. The van der Waals surface area contributed by atoms with Crippen molar-refractivity contribution in [2.75, 3.05) is 19.0 Å². The van der Waals surface area contributed by atoms with E-state index in [4.69, 9.17) is 4.74 Å². The molecular weight excluding hydrogens is 381 g/mol. The Bertz CT molecular complexity index is 902. The molecule has 1 fully saturated rings. The van der Waals surface area contributed by atoms with Crippen LogP contribution in [0.25, 0.3) is 0 Å². The number of anilines is 1. The average molecular weight is 401 g/mol. The molecular formula is C20H20FN3O3S. The molecule has 146 valence electrons. The molecule has 8 heteroatoms. The van der Waals surface area contributed by atoms with E-state index < -0.39 is 11.1 Å². The van der Waals surface area contributed by atoms with Gasteiger partial charge in [-0.3, -0.25) is 14.5 Å². The van der Waals surface area contributed by atoms with Gasteiger partial charge >= 0.3 is 0 Å². The van der Waals surface area contributed by atoms with E-state index >= 15 is 0 Å². The Morgan fingerprint density at radius 1 is 1.29 bits per heavy atom. The fourth-order valence-corrected chi connectivity index (χ4v) is 3.95. The molecule has 0 saturated carbocycles. The molecule has 0 spiro atoms. The molecule has 0 aliphatic carbocycles. The average Bonchev–Trinajstić information content (AvgIpc) is 2.96. The van der Waals surface area contributed by atoms with Crippen LogP contribution >= 0.6 is 11.8 Å². The van der Waals surface area contributed by atoms with Gasteiger partial charge in [0.25, 0.3) is 0 Å². The number of halogens is 1. The molecule has 1 aliphatic heterocycles. The summed E-state index contributed by atoms with van der Waals surface area (Å²) in [6.45, 7) is 2.26. The van der Waals surface area contributed by atoms with Crippen LogP contribution in [0.5, 0.6) is 5.75 Å². The number of aliphatic imine (C=N–C) groups is 1. The minimum Gasteiger partial charge on any atom is -0.497 e. The largest absolute Gasteiger partial charge is 0.497 e. The highest BCUT2D eigenvalue weighted by Gasteiger charge is 2.38. The molecule has 0 aromatic heterocycles. The maximum atomic E-state index is 13.4. The van der Waals surface area contributed by atoms with Crippen molar-refractivity contribution < 1.29 is 18.7 Å². The molecule has 2 aromatic rings. The fraction of sp³-hybridized carbons (Fsp3) is 0.250. The standard InChI is InChI=1S/C20H20FN3O3S/c1-3-24-19(26)17(28-20(24)23-15-6-4-5-13(21)11-15)12-18(25)22-14-7-9-16(27-2)10-8-14/h4-11,17H,3,12H2,1-2H3,(H,22,25)/t17-/m0/s1. The van der Waals surface area contributed by atoms with Gasteiger partial charge < -0.3 is 10.1 Å². The number of carbonyl (C=O) groups is 2. The molecule has 1 atom stereocenters. The van der Waals surface area contributed by atoms with Gasteiger partial charge in [-0.05, 0) is 49.4 Å². The first-order valence-electron chi connectivity index (χ1n) is 8.76. The van der Waals surface area contributed by atoms with E-state index in [-0.39, 0.29) is 18.2 Å². The second-order valence-electron chi connectivity index (χ2n) is 6.04. The van der Waals surface area contributed by atoms with Gasteiger partial charge in [0.15, 0.2) is 5.17 Å². The van der Waals surface area contributed by atoms with E-state index in [0.717, 1.165) is 0 Å². The van der Waals surface area contributed by atoms with Crippen LogP contribution < -0.4 is 10.1 Å². The fourth-order valence-electron chi connectivity index (χ4n) is 2.73. The zero-order chi connectivity index (χ0) is 20.1. The van der Waals surface area contributed by atoms with Gasteiger partial charge in [0, 0.05) is 18.7 Å². The first-order chi connectivity index (χ1) is 13.5. The lowest BCUT2D eigenvalue weighted by molar-refractivity contribution is -0.128. The lowest BCUT2D eigenvalue weighted by atomic mass is 10.2. The van der Waals surface area contributed by atoms with Crippen LogP contribution in [0.1, 0.15) is 13.3 Å². The number of hydrogen-bond donors (Lipinski definition) is 1. The van der Waals surface area contributed by atoms with Crippen molar-refractivity contribution in [2.45, 2.75) is 18.6 Å². The summed E-state index contributed by atoms with van der Waals surface area (Å²) in [7, 11) is 1.57. The number of hydrogen-bond acceptors (Lipinski definition) is 5. The number of rotatable bonds is 6. The van der Waals surface area contributed by atoms with Crippen LogP contribution in [0, 0.1) is 5.82 Å². The maximum absolute atomic E-state index is 13.4. The van der Waals surface area contributed by atoms with Gasteiger partial charge in [0.1, 0.15) is 16.8 Å². The first kappa shape index (κ1) is 19.9. The minimum absolute atomic E-state index is 0.0220. The van der Waals surface area contributed by atoms with Crippen molar-refractivity contribution in [1.29, 1.82) is 0 Å². The molecule has 1 saturated heterocycles. The zero-order valence-corrected chi connectivity index (χ0v) is 16.3. The molecule has 2 amide bonds. The summed E-state index contributed by atoms with van der Waals surface area (Å²) in [5.41, 5.74) is 1.05. The summed E-state index contributed by atoms with van der Waals surface area (Å²) >= 11 is 1.22. The highest BCUT2D eigenvalue weighted by molar-refractivity contribution is 8.15. The second-order valence-corrected chi connectivity index (χ2v) is 7.21. The van der Waals surface area contributed by atoms with Crippen molar-refractivity contribution >= 4 is 40.1 Å². The summed E-state index contributed by atoms with van der Waals surface area (Å²) in [6, 6.07) is 12.8. The number of methoxy groups -OCH3 is 1. The van der Waals surface area contributed by atoms with E-state index in [1.165, 1.54) is 28.8 Å². The van der Waals surface area contributed by atoms with Gasteiger partial charge in [-0.15, -0.1) is 0 Å². The van der Waals surface area contributed by atoms with Crippen LogP contribution in [-0.4, -0.2) is 40.8 Å². The van der Waals surface area contributed by atoms with Crippen molar-refractivity contribution in [3.05, 3.63) is 54.3 Å². The minimum atomic E-state index is -0.564. The molecule has 28 heavy (non-hydrogen) atoms. The Kier molecular flexibility index (Phi) is 6.30. The van der Waals surface area contributed by atoms with Crippen molar-refractivity contribution in [3.63, 3.8) is 0 Å². The highest BCUT2D eigenvalue weighted by atomic mass is 32.2. The number of ether oxygens (including phenoxy) is 1. The Morgan fingerprint density at radius 3 is 2.68 bits per heavy atom. The molecule has 2 aromatic carbocycles. The van der Waals surface area contributed by atoms with Crippen LogP contribution in [-0.2, 0) is 9.59 Å². The van der Waals surface area contributed by atoms with Crippen LogP contribution in [0.4, 0.5) is 15.8 Å². The molecule has 1 aliphatic rings. The Morgan fingerprint density at radius 2 is 2.04 bits per heavy atom. The van der Waals surface area contributed by atoms with Crippen molar-refractivity contribution in [1.82, 2.24) is 4.90 Å². The lowest BCUT2D eigenvalue weighted by Gasteiger charge is -2.13. The topological polar surface area (TPSA) is 71.0 Å². The van der Waals surface area contributed by atoms with Gasteiger partial charge in [-0.25, -0.2) is 9.38 Å². The highest BCUT2D eigenvalue weighted by Crippen LogP contribution is 2.31. The molecule has 6 nitrogen and oxygen atoms in total. The molecule has 1 heterocycles. The first-order valence-corrected chi connectivity index (χ1v) is 9.64. The summed E-state index contributed by atoms with van der Waals surface area (Å²) in [4.78, 5) is 30.9. The number of nitrogens with zero attached hydrogens (tertiary/aromatic N) is 2. The number of amides is 2. The third kappa shape index (κ3) is 4.69. The number of thioether (sulfide) groups is 1. The summed E-state index contributed by atoms with van der Waals surface area (Å²) in [6.07, 6.45) is 0.0220. The predicted octanol–water partition coefficient (Wildman–Crippen LogP) is 3.81. The SMILES string of the molecule is CCN1C(=O)[C@H](CC(=O)Nc2ccc(OC)cc2)SC1=Nc1cccc(F)c1. The molecule has 0 unspecified atom stereocenters. The van der Waals surface area contributed by atoms with E-state index in [1.807, 2.05) is 6.92 Å². The predicted molar refractivity (Wildman–Crippen MR) is 109 cm³/mol. The van der Waals surface area contributed by atoms with Gasteiger partial charge in [0.2, 0.25) is 11.8 Å². The van der Waals surface area contributed by atoms with E-state index in [2.05, 4.69) is 10.3 Å². The van der Waals surface area contributed by atoms with Crippen molar-refractivity contribution in [2.24, 2.45) is 4.99 Å². The molecule has 0 radical (unpaired) electrons. The number of carbonyl (C=O) groups excluding carboxylic acids is 2. The maximum Gasteiger partial charge on any atom is 0.242 e. The quantitative estimate of drug-likeness (QED) is 0.799. The monoisotopic (exact) mass is 401 g/mol.